The van der Waals surface area contributed by atoms with Gasteiger partial charge in [-0.1, -0.05) is 38.8 Å². The Morgan fingerprint density at radius 1 is 1.26 bits per heavy atom. The number of carbonyl (C=O) groups is 1. The number of benzene rings is 1. The molecule has 0 saturated carbocycles. The number of hydrogen-bond acceptors (Lipinski definition) is 2. The van der Waals surface area contributed by atoms with E-state index >= 15 is 0 Å². The van der Waals surface area contributed by atoms with E-state index in [1.54, 1.807) is 7.11 Å². The molecule has 0 fully saturated rings. The van der Waals surface area contributed by atoms with Gasteiger partial charge < -0.3 is 9.84 Å². The third-order valence-corrected chi connectivity index (χ3v) is 3.84. The van der Waals surface area contributed by atoms with Gasteiger partial charge in [0.2, 0.25) is 0 Å². The summed E-state index contributed by atoms with van der Waals surface area (Å²) in [7, 11) is 1.63. The highest BCUT2D eigenvalue weighted by Gasteiger charge is 2.35. The second-order valence-corrected chi connectivity index (χ2v) is 5.07. The third-order valence-electron chi connectivity index (χ3n) is 3.84. The Morgan fingerprint density at radius 3 is 2.32 bits per heavy atom. The molecule has 1 atom stereocenters. The van der Waals surface area contributed by atoms with Crippen LogP contribution in [0.5, 0.6) is 5.75 Å². The van der Waals surface area contributed by atoms with Gasteiger partial charge in [0, 0.05) is 0 Å². The predicted octanol–water partition coefficient (Wildman–Crippen LogP) is 3.91. The van der Waals surface area contributed by atoms with Gasteiger partial charge in [-0.25, -0.2) is 0 Å². The van der Waals surface area contributed by atoms with Crippen LogP contribution in [0.15, 0.2) is 24.3 Å². The fraction of sp³-hybridized carbons (Fsp3) is 0.562. The molecule has 1 rings (SSSR count). The minimum atomic E-state index is -0.681. The Hall–Kier alpha value is -1.51. The molecule has 0 radical (unpaired) electrons. The molecule has 0 aliphatic heterocycles. The highest BCUT2D eigenvalue weighted by Crippen LogP contribution is 2.34. The van der Waals surface area contributed by atoms with E-state index in [2.05, 4.69) is 6.92 Å². The number of hydrogen-bond donors (Lipinski definition) is 1. The van der Waals surface area contributed by atoms with Gasteiger partial charge in [-0.15, -0.1) is 0 Å². The van der Waals surface area contributed by atoms with Crippen molar-refractivity contribution in [2.24, 2.45) is 5.41 Å². The van der Waals surface area contributed by atoms with Gasteiger partial charge in [-0.2, -0.15) is 0 Å². The Labute approximate surface area is 115 Å². The monoisotopic (exact) mass is 264 g/mol. The summed E-state index contributed by atoms with van der Waals surface area (Å²) >= 11 is 0. The molecular weight excluding hydrogens is 240 g/mol. The molecule has 0 bridgehead atoms. The SMILES string of the molecule is CCCCC(CC)(Cc1ccc(OC)cc1)C(=O)O. The van der Waals surface area contributed by atoms with E-state index < -0.39 is 11.4 Å². The van der Waals surface area contributed by atoms with E-state index in [4.69, 9.17) is 4.74 Å². The van der Waals surface area contributed by atoms with Crippen molar-refractivity contribution in [3.63, 3.8) is 0 Å². The molecule has 0 heterocycles. The van der Waals surface area contributed by atoms with Crippen LogP contribution in [0, 0.1) is 5.41 Å². The van der Waals surface area contributed by atoms with Crippen LogP contribution in [0.4, 0.5) is 0 Å². The zero-order valence-corrected chi connectivity index (χ0v) is 12.1. The highest BCUT2D eigenvalue weighted by atomic mass is 16.5. The molecule has 0 aliphatic carbocycles. The largest absolute Gasteiger partial charge is 0.497 e. The molecule has 1 N–H and O–H groups in total. The van der Waals surface area contributed by atoms with Crippen molar-refractivity contribution in [1.82, 2.24) is 0 Å². The van der Waals surface area contributed by atoms with Gasteiger partial charge in [0.05, 0.1) is 12.5 Å². The lowest BCUT2D eigenvalue weighted by molar-refractivity contribution is -0.149. The highest BCUT2D eigenvalue weighted by molar-refractivity contribution is 5.75. The Bertz CT molecular complexity index is 397. The average molecular weight is 264 g/mol. The minimum Gasteiger partial charge on any atom is -0.497 e. The summed E-state index contributed by atoms with van der Waals surface area (Å²) in [5, 5.41) is 9.59. The molecule has 19 heavy (non-hydrogen) atoms. The first kappa shape index (κ1) is 15.5. The van der Waals surface area contributed by atoms with Crippen molar-refractivity contribution in [2.75, 3.05) is 7.11 Å². The number of carboxylic acids is 1. The molecule has 0 aliphatic rings. The minimum absolute atomic E-state index is 0.586. The first-order chi connectivity index (χ1) is 9.07. The topological polar surface area (TPSA) is 46.5 Å². The van der Waals surface area contributed by atoms with Crippen LogP contribution < -0.4 is 4.74 Å². The van der Waals surface area contributed by atoms with E-state index in [0.29, 0.717) is 12.8 Å². The standard InChI is InChI=1S/C16H24O3/c1-4-6-11-16(5-2,15(17)18)12-13-7-9-14(19-3)10-8-13/h7-10H,4-6,11-12H2,1-3H3,(H,17,18). The zero-order valence-electron chi connectivity index (χ0n) is 12.1. The molecule has 0 spiro atoms. The molecule has 0 amide bonds. The van der Waals surface area contributed by atoms with Gasteiger partial charge >= 0.3 is 5.97 Å². The van der Waals surface area contributed by atoms with Crippen LogP contribution in [0.2, 0.25) is 0 Å². The summed E-state index contributed by atoms with van der Waals surface area (Å²) in [5.41, 5.74) is 0.422. The van der Waals surface area contributed by atoms with Crippen molar-refractivity contribution < 1.29 is 14.6 Å². The van der Waals surface area contributed by atoms with Gasteiger partial charge in [-0.05, 0) is 37.0 Å². The predicted molar refractivity (Wildman–Crippen MR) is 76.6 cm³/mol. The summed E-state index contributed by atoms with van der Waals surface area (Å²) in [6, 6.07) is 7.69. The second kappa shape index (κ2) is 7.17. The second-order valence-electron chi connectivity index (χ2n) is 5.07. The van der Waals surface area contributed by atoms with Crippen LogP contribution in [0.1, 0.15) is 45.1 Å². The van der Waals surface area contributed by atoms with Crippen LogP contribution >= 0.6 is 0 Å². The summed E-state index contributed by atoms with van der Waals surface area (Å²) in [6.45, 7) is 4.06. The number of ether oxygens (including phenoxy) is 1. The van der Waals surface area contributed by atoms with Crippen LogP contribution in [0.25, 0.3) is 0 Å². The van der Waals surface area contributed by atoms with Crippen molar-refractivity contribution in [2.45, 2.75) is 46.0 Å². The zero-order chi connectivity index (χ0) is 14.3. The van der Waals surface area contributed by atoms with E-state index in [1.165, 1.54) is 0 Å². The Balaban J connectivity index is 2.88. The maximum absolute atomic E-state index is 11.7. The van der Waals surface area contributed by atoms with Gasteiger partial charge in [-0.3, -0.25) is 4.79 Å². The molecule has 3 heteroatoms. The summed E-state index contributed by atoms with van der Waals surface area (Å²) in [5.74, 6) is 0.119. The molecule has 1 unspecified atom stereocenters. The average Bonchev–Trinajstić information content (AvgIpc) is 2.44. The van der Waals surface area contributed by atoms with Gasteiger partial charge in [0.1, 0.15) is 5.75 Å². The van der Waals surface area contributed by atoms with E-state index in [9.17, 15) is 9.90 Å². The lowest BCUT2D eigenvalue weighted by Gasteiger charge is -2.28. The summed E-state index contributed by atoms with van der Waals surface area (Å²) < 4.78 is 5.12. The smallest absolute Gasteiger partial charge is 0.309 e. The maximum atomic E-state index is 11.7. The first-order valence-electron chi connectivity index (χ1n) is 6.94. The molecular formula is C16H24O3. The van der Waals surface area contributed by atoms with Crippen LogP contribution in [-0.4, -0.2) is 18.2 Å². The fourth-order valence-electron chi connectivity index (χ4n) is 2.37. The summed E-state index contributed by atoms with van der Waals surface area (Å²) in [6.07, 6.45) is 3.96. The lowest BCUT2D eigenvalue weighted by Crippen LogP contribution is -2.32. The molecule has 0 saturated heterocycles. The number of aliphatic carboxylic acids is 1. The third kappa shape index (κ3) is 3.98. The normalized spacial score (nSPS) is 13.8. The van der Waals surface area contributed by atoms with Gasteiger partial charge in [0.15, 0.2) is 0 Å². The number of unbranched alkanes of at least 4 members (excludes halogenated alkanes) is 1. The van der Waals surface area contributed by atoms with Crippen molar-refractivity contribution in [1.29, 1.82) is 0 Å². The van der Waals surface area contributed by atoms with E-state index in [1.807, 2.05) is 31.2 Å². The van der Waals surface area contributed by atoms with Crippen molar-refractivity contribution in [3.05, 3.63) is 29.8 Å². The Kier molecular flexibility index (Phi) is 5.87. The van der Waals surface area contributed by atoms with Crippen molar-refractivity contribution in [3.8, 4) is 5.75 Å². The molecule has 106 valence electrons. The summed E-state index contributed by atoms with van der Waals surface area (Å²) in [4.78, 5) is 11.7. The van der Waals surface area contributed by atoms with E-state index in [-0.39, 0.29) is 0 Å². The molecule has 1 aromatic rings. The maximum Gasteiger partial charge on any atom is 0.309 e. The molecule has 1 aromatic carbocycles. The van der Waals surface area contributed by atoms with Crippen LogP contribution in [-0.2, 0) is 11.2 Å². The number of carboxylic acid groups (broad SMARTS) is 1. The molecule has 0 aromatic heterocycles. The fourth-order valence-corrected chi connectivity index (χ4v) is 2.37. The number of rotatable bonds is 8. The van der Waals surface area contributed by atoms with Crippen molar-refractivity contribution >= 4 is 5.97 Å². The van der Waals surface area contributed by atoms with E-state index in [0.717, 1.165) is 30.6 Å². The quantitative estimate of drug-likeness (QED) is 0.774. The number of methoxy groups -OCH3 is 1. The van der Waals surface area contributed by atoms with Crippen LogP contribution in [0.3, 0.4) is 0 Å². The first-order valence-corrected chi connectivity index (χ1v) is 6.94. The lowest BCUT2D eigenvalue weighted by atomic mass is 9.75. The molecule has 3 nitrogen and oxygen atoms in total. The van der Waals surface area contributed by atoms with Gasteiger partial charge in [0.25, 0.3) is 0 Å². The Morgan fingerprint density at radius 2 is 1.89 bits per heavy atom.